The Hall–Kier alpha value is 0.630. The molecule has 0 aliphatic rings. The Morgan fingerprint density at radius 2 is 2.09 bits per heavy atom. The van der Waals surface area contributed by atoms with Crippen molar-refractivity contribution in [2.45, 2.75) is 32.6 Å². The van der Waals surface area contributed by atoms with E-state index in [0.717, 1.165) is 25.7 Å². The molecule has 0 saturated heterocycles. The first kappa shape index (κ1) is 11.6. The highest BCUT2D eigenvalue weighted by Gasteiger charge is 2.11. The number of rotatable bonds is 6. The minimum Gasteiger partial charge on any atom is -0.316 e. The Balaban J connectivity index is 3.09. The number of unbranched alkanes of at least 4 members (excludes halogenated alkanes) is 3. The van der Waals surface area contributed by atoms with E-state index >= 15 is 0 Å². The third kappa shape index (κ3) is 10.6. The van der Waals surface area contributed by atoms with Crippen LogP contribution in [0.15, 0.2) is 0 Å². The molecule has 0 rings (SSSR count). The lowest BCUT2D eigenvalue weighted by Crippen LogP contribution is -1.88. The summed E-state index contributed by atoms with van der Waals surface area (Å²) < 4.78 is 15.1. The molecular weight excluding hydrogens is 231 g/mol. The average Bonchev–Trinajstić information content (AvgIpc) is 1.85. The summed E-state index contributed by atoms with van der Waals surface area (Å²) in [5, 5.41) is 0. The van der Waals surface area contributed by atoms with Gasteiger partial charge in [0.1, 0.15) is 0 Å². The topological polar surface area (TPSA) is 46.5 Å². The van der Waals surface area contributed by atoms with Gasteiger partial charge in [-0.15, -0.1) is 0 Å². The quantitative estimate of drug-likeness (QED) is 0.577. The smallest absolute Gasteiger partial charge is 0.316 e. The van der Waals surface area contributed by atoms with Gasteiger partial charge in [0.05, 0.1) is 6.61 Å². The van der Waals surface area contributed by atoms with Crippen molar-refractivity contribution in [3.63, 3.8) is 0 Å². The van der Waals surface area contributed by atoms with E-state index < -0.39 is 6.30 Å². The van der Waals surface area contributed by atoms with Crippen molar-refractivity contribution in [2.24, 2.45) is 0 Å². The van der Waals surface area contributed by atoms with E-state index in [0.29, 0.717) is 6.61 Å². The van der Waals surface area contributed by atoms with Crippen molar-refractivity contribution >= 4 is 21.8 Å². The van der Waals surface area contributed by atoms with Crippen molar-refractivity contribution in [1.29, 1.82) is 0 Å². The molecule has 0 aromatic heterocycles. The second-order valence-corrected chi connectivity index (χ2v) is 6.20. The van der Waals surface area contributed by atoms with Gasteiger partial charge >= 0.3 is 6.30 Å². The predicted molar refractivity (Wildman–Crippen MR) is 48.8 cm³/mol. The van der Waals surface area contributed by atoms with Crippen LogP contribution in [0.5, 0.6) is 0 Å². The maximum Gasteiger partial charge on any atom is 0.393 e. The lowest BCUT2D eigenvalue weighted by molar-refractivity contribution is 0.269. The third-order valence-corrected chi connectivity index (χ3v) is 2.36. The van der Waals surface area contributed by atoms with Crippen LogP contribution >= 0.6 is 21.8 Å². The fourth-order valence-electron chi connectivity index (χ4n) is 0.706. The van der Waals surface area contributed by atoms with Gasteiger partial charge in [0.2, 0.25) is 0 Å². The van der Waals surface area contributed by atoms with Crippen molar-refractivity contribution in [3.05, 3.63) is 0 Å². The zero-order valence-electron chi connectivity index (χ0n) is 6.62. The fraction of sp³-hybridized carbons (Fsp3) is 1.00. The van der Waals surface area contributed by atoms with Crippen molar-refractivity contribution in [1.82, 2.24) is 0 Å². The zero-order chi connectivity index (χ0) is 8.74. The lowest BCUT2D eigenvalue weighted by Gasteiger charge is -2.03. The molecule has 0 amide bonds. The molecule has 1 atom stereocenters. The van der Waals surface area contributed by atoms with Crippen LogP contribution in [0.2, 0.25) is 0 Å². The summed E-state index contributed by atoms with van der Waals surface area (Å²) in [5.41, 5.74) is 0. The maximum absolute atomic E-state index is 10.5. The Bertz CT molecular complexity index is 134. The first-order valence-electron chi connectivity index (χ1n) is 3.73. The second kappa shape index (κ2) is 6.18. The van der Waals surface area contributed by atoms with Crippen LogP contribution in [-0.4, -0.2) is 11.5 Å². The normalized spacial score (nSPS) is 16.3. The molecule has 0 aliphatic carbocycles. The summed E-state index contributed by atoms with van der Waals surface area (Å²) in [4.78, 5) is 8.62. The van der Waals surface area contributed by atoms with Gasteiger partial charge in [-0.1, -0.05) is 26.2 Å². The minimum atomic E-state index is -3.40. The van der Waals surface area contributed by atoms with Crippen LogP contribution < -0.4 is 0 Å². The van der Waals surface area contributed by atoms with E-state index in [4.69, 9.17) is 4.89 Å². The molecule has 3 nitrogen and oxygen atoms in total. The van der Waals surface area contributed by atoms with Crippen LogP contribution in [0.1, 0.15) is 32.6 Å². The Labute approximate surface area is 75.4 Å². The van der Waals surface area contributed by atoms with Gasteiger partial charge in [-0.05, 0) is 6.42 Å². The molecule has 68 valence electrons. The number of hydrogen-bond acceptors (Lipinski definition) is 2. The fourth-order valence-corrected chi connectivity index (χ4v) is 1.49. The number of hydrogen-bond donors (Lipinski definition) is 1. The van der Waals surface area contributed by atoms with Crippen LogP contribution in [0.4, 0.5) is 0 Å². The summed E-state index contributed by atoms with van der Waals surface area (Å²) in [6.45, 7) is 2.47. The van der Waals surface area contributed by atoms with E-state index in [2.05, 4.69) is 26.9 Å². The van der Waals surface area contributed by atoms with Crippen molar-refractivity contribution in [2.75, 3.05) is 6.61 Å². The van der Waals surface area contributed by atoms with Crippen molar-refractivity contribution < 1.29 is 14.0 Å². The molecule has 0 heterocycles. The van der Waals surface area contributed by atoms with Gasteiger partial charge in [-0.25, -0.2) is 4.57 Å². The van der Waals surface area contributed by atoms with Gasteiger partial charge in [-0.3, -0.25) is 0 Å². The third-order valence-electron chi connectivity index (χ3n) is 1.25. The van der Waals surface area contributed by atoms with Crippen LogP contribution in [0.3, 0.4) is 0 Å². The Morgan fingerprint density at radius 3 is 2.55 bits per heavy atom. The summed E-state index contributed by atoms with van der Waals surface area (Å²) in [7, 11) is 0. The highest BCUT2D eigenvalue weighted by Crippen LogP contribution is 2.50. The summed E-state index contributed by atoms with van der Waals surface area (Å²) in [6, 6.07) is 0. The molecule has 0 spiro atoms. The van der Waals surface area contributed by atoms with Crippen LogP contribution in [0.25, 0.3) is 0 Å². The summed E-state index contributed by atoms with van der Waals surface area (Å²) in [6.07, 6.45) is 0.820. The Morgan fingerprint density at radius 1 is 1.45 bits per heavy atom. The maximum atomic E-state index is 10.5. The van der Waals surface area contributed by atoms with E-state index in [9.17, 15) is 4.57 Å². The van der Waals surface area contributed by atoms with Crippen LogP contribution in [-0.2, 0) is 9.09 Å². The van der Waals surface area contributed by atoms with Gasteiger partial charge < -0.3 is 9.42 Å². The zero-order valence-corrected chi connectivity index (χ0v) is 9.10. The van der Waals surface area contributed by atoms with Gasteiger partial charge in [-0.2, -0.15) is 0 Å². The molecule has 0 radical (unpaired) electrons. The molecule has 1 N–H and O–H groups in total. The van der Waals surface area contributed by atoms with Gasteiger partial charge in [0.25, 0.3) is 0 Å². The predicted octanol–water partition coefficient (Wildman–Crippen LogP) is 3.08. The molecule has 0 aromatic rings. The highest BCUT2D eigenvalue weighted by molar-refractivity contribution is 9.39. The van der Waals surface area contributed by atoms with E-state index in [1.54, 1.807) is 0 Å². The standard InChI is InChI=1S/C6H14BrO3P/c1-2-3-4-5-6-10-11(7,8)9/h2-6H2,1H3,(H,8,9). The molecule has 0 aliphatic heterocycles. The lowest BCUT2D eigenvalue weighted by atomic mass is 10.2. The second-order valence-electron chi connectivity index (χ2n) is 2.35. The molecule has 0 saturated carbocycles. The molecule has 0 aromatic carbocycles. The average molecular weight is 245 g/mol. The summed E-state index contributed by atoms with van der Waals surface area (Å²) in [5.74, 6) is 0. The summed E-state index contributed by atoms with van der Waals surface area (Å²) >= 11 is 2.54. The molecule has 0 bridgehead atoms. The SMILES string of the molecule is CCCCCCOP(=O)(O)Br. The molecule has 1 unspecified atom stereocenters. The van der Waals surface area contributed by atoms with Gasteiger partial charge in [0, 0.05) is 15.5 Å². The minimum absolute atomic E-state index is 0.360. The molecule has 11 heavy (non-hydrogen) atoms. The molecule has 0 fully saturated rings. The monoisotopic (exact) mass is 244 g/mol. The molecule has 5 heteroatoms. The van der Waals surface area contributed by atoms with E-state index in [1.165, 1.54) is 0 Å². The highest BCUT2D eigenvalue weighted by atomic mass is 79.9. The molecular formula is C6H14BrO3P. The van der Waals surface area contributed by atoms with E-state index in [1.807, 2.05) is 0 Å². The largest absolute Gasteiger partial charge is 0.393 e. The first-order chi connectivity index (χ1) is 5.06. The Kier molecular flexibility index (Phi) is 6.53. The first-order valence-corrected chi connectivity index (χ1v) is 7.33. The number of halogens is 1. The van der Waals surface area contributed by atoms with Crippen molar-refractivity contribution in [3.8, 4) is 0 Å². The van der Waals surface area contributed by atoms with E-state index in [-0.39, 0.29) is 0 Å². The van der Waals surface area contributed by atoms with Gasteiger partial charge in [0.15, 0.2) is 0 Å². The van der Waals surface area contributed by atoms with Crippen LogP contribution in [0, 0.1) is 0 Å².